The van der Waals surface area contributed by atoms with Crippen LogP contribution in [0.25, 0.3) is 0 Å². The molecule has 0 fully saturated rings. The van der Waals surface area contributed by atoms with E-state index in [-0.39, 0.29) is 5.41 Å². The maximum absolute atomic E-state index is 5.79. The lowest BCUT2D eigenvalue weighted by Gasteiger charge is -2.25. The lowest BCUT2D eigenvalue weighted by atomic mass is 9.90. The van der Waals surface area contributed by atoms with Gasteiger partial charge in [0.15, 0.2) is 0 Å². The van der Waals surface area contributed by atoms with E-state index in [4.69, 9.17) is 10.7 Å². The van der Waals surface area contributed by atoms with E-state index in [2.05, 4.69) is 58.7 Å². The van der Waals surface area contributed by atoms with E-state index in [0.29, 0.717) is 12.5 Å². The Morgan fingerprint density at radius 1 is 1.28 bits per heavy atom. The van der Waals surface area contributed by atoms with Crippen LogP contribution in [-0.2, 0) is 12.0 Å². The van der Waals surface area contributed by atoms with Gasteiger partial charge in [0.2, 0.25) is 0 Å². The van der Waals surface area contributed by atoms with Gasteiger partial charge in [-0.1, -0.05) is 34.6 Å². The molecule has 0 spiro atoms. The van der Waals surface area contributed by atoms with E-state index in [1.807, 2.05) is 0 Å². The number of hydrogen-bond donors (Lipinski definition) is 1. The Hall–Kier alpha value is -1.09. The summed E-state index contributed by atoms with van der Waals surface area (Å²) in [6, 6.07) is 4.21. The van der Waals surface area contributed by atoms with Crippen molar-refractivity contribution < 1.29 is 0 Å². The van der Waals surface area contributed by atoms with Crippen LogP contribution < -0.4 is 10.6 Å². The van der Waals surface area contributed by atoms with Gasteiger partial charge in [-0.3, -0.25) is 0 Å². The van der Waals surface area contributed by atoms with Crippen LogP contribution in [0.4, 0.5) is 5.82 Å². The fourth-order valence-electron chi connectivity index (χ4n) is 1.91. The SMILES string of the molecule is CC(C)CN(C)c1cc(CN)cc(C(C)(C)C)n1. The Morgan fingerprint density at radius 3 is 2.33 bits per heavy atom. The molecule has 2 N–H and O–H groups in total. The average Bonchev–Trinajstić information content (AvgIpc) is 2.26. The Kier molecular flexibility index (Phi) is 4.74. The average molecular weight is 249 g/mol. The molecule has 0 aliphatic heterocycles. The smallest absolute Gasteiger partial charge is 0.128 e. The van der Waals surface area contributed by atoms with Crippen molar-refractivity contribution in [3.05, 3.63) is 23.4 Å². The Bertz CT molecular complexity index is 391. The zero-order valence-electron chi connectivity index (χ0n) is 12.6. The van der Waals surface area contributed by atoms with Gasteiger partial charge in [-0.05, 0) is 23.6 Å². The zero-order chi connectivity index (χ0) is 13.9. The fourth-order valence-corrected chi connectivity index (χ4v) is 1.91. The molecule has 102 valence electrons. The van der Waals surface area contributed by atoms with Crippen LogP contribution in [0.3, 0.4) is 0 Å². The van der Waals surface area contributed by atoms with Gasteiger partial charge in [0.25, 0.3) is 0 Å². The molecule has 0 saturated carbocycles. The van der Waals surface area contributed by atoms with E-state index < -0.39 is 0 Å². The first-order valence-corrected chi connectivity index (χ1v) is 6.66. The van der Waals surface area contributed by atoms with Gasteiger partial charge >= 0.3 is 0 Å². The number of rotatable bonds is 4. The highest BCUT2D eigenvalue weighted by molar-refractivity contribution is 5.43. The van der Waals surface area contributed by atoms with E-state index >= 15 is 0 Å². The minimum atomic E-state index is 0.0542. The molecule has 0 atom stereocenters. The second kappa shape index (κ2) is 5.70. The van der Waals surface area contributed by atoms with E-state index in [1.54, 1.807) is 0 Å². The van der Waals surface area contributed by atoms with Crippen LogP contribution >= 0.6 is 0 Å². The molecule has 1 aromatic heterocycles. The summed E-state index contributed by atoms with van der Waals surface area (Å²) in [4.78, 5) is 6.98. The minimum Gasteiger partial charge on any atom is -0.359 e. The van der Waals surface area contributed by atoms with Crippen molar-refractivity contribution in [2.75, 3.05) is 18.5 Å². The molecule has 0 bridgehead atoms. The molecule has 1 aromatic rings. The molecule has 0 aliphatic rings. The van der Waals surface area contributed by atoms with Crippen molar-refractivity contribution in [1.29, 1.82) is 0 Å². The third kappa shape index (κ3) is 3.98. The van der Waals surface area contributed by atoms with Gasteiger partial charge in [-0.25, -0.2) is 4.98 Å². The molecule has 0 amide bonds. The summed E-state index contributed by atoms with van der Waals surface area (Å²) in [6.07, 6.45) is 0. The standard InChI is InChI=1S/C15H27N3/c1-11(2)10-18(6)14-8-12(9-16)7-13(17-14)15(3,4)5/h7-8,11H,9-10,16H2,1-6H3. The van der Waals surface area contributed by atoms with Crippen LogP contribution in [0.2, 0.25) is 0 Å². The predicted molar refractivity (Wildman–Crippen MR) is 78.9 cm³/mol. The normalized spacial score (nSPS) is 12.0. The Morgan fingerprint density at radius 2 is 1.89 bits per heavy atom. The highest BCUT2D eigenvalue weighted by atomic mass is 15.2. The van der Waals surface area contributed by atoms with Gasteiger partial charge in [-0.2, -0.15) is 0 Å². The second-order valence-electron chi connectivity index (χ2n) is 6.45. The van der Waals surface area contributed by atoms with Crippen molar-refractivity contribution in [2.45, 2.75) is 46.6 Å². The molecule has 0 saturated heterocycles. The maximum Gasteiger partial charge on any atom is 0.128 e. The summed E-state index contributed by atoms with van der Waals surface area (Å²) in [5.41, 5.74) is 8.10. The van der Waals surface area contributed by atoms with Gasteiger partial charge < -0.3 is 10.6 Å². The molecule has 3 nitrogen and oxygen atoms in total. The van der Waals surface area contributed by atoms with Gasteiger partial charge in [-0.15, -0.1) is 0 Å². The largest absolute Gasteiger partial charge is 0.359 e. The van der Waals surface area contributed by atoms with Crippen LogP contribution in [0.5, 0.6) is 0 Å². The number of pyridine rings is 1. The first-order valence-electron chi connectivity index (χ1n) is 6.66. The first-order chi connectivity index (χ1) is 8.24. The summed E-state index contributed by atoms with van der Waals surface area (Å²) >= 11 is 0. The van der Waals surface area contributed by atoms with Crippen LogP contribution in [0.1, 0.15) is 45.9 Å². The van der Waals surface area contributed by atoms with Crippen LogP contribution in [-0.4, -0.2) is 18.6 Å². The molecular weight excluding hydrogens is 222 g/mol. The number of hydrogen-bond acceptors (Lipinski definition) is 3. The summed E-state index contributed by atoms with van der Waals surface area (Å²) in [5.74, 6) is 1.65. The van der Waals surface area contributed by atoms with Gasteiger partial charge in [0.1, 0.15) is 5.82 Å². The van der Waals surface area contributed by atoms with Gasteiger partial charge in [0, 0.05) is 31.2 Å². The van der Waals surface area contributed by atoms with Gasteiger partial charge in [0.05, 0.1) is 0 Å². The number of anilines is 1. The third-order valence-electron chi connectivity index (χ3n) is 2.91. The molecular formula is C15H27N3. The minimum absolute atomic E-state index is 0.0542. The predicted octanol–water partition coefficient (Wildman–Crippen LogP) is 2.93. The maximum atomic E-state index is 5.79. The Labute approximate surface area is 111 Å². The van der Waals surface area contributed by atoms with Crippen molar-refractivity contribution in [1.82, 2.24) is 4.98 Å². The molecule has 3 heteroatoms. The quantitative estimate of drug-likeness (QED) is 0.892. The van der Waals surface area contributed by atoms with Crippen molar-refractivity contribution >= 4 is 5.82 Å². The molecule has 18 heavy (non-hydrogen) atoms. The second-order valence-corrected chi connectivity index (χ2v) is 6.45. The summed E-state index contributed by atoms with van der Waals surface area (Å²) in [5, 5.41) is 0. The number of nitrogens with zero attached hydrogens (tertiary/aromatic N) is 2. The lowest BCUT2D eigenvalue weighted by molar-refractivity contribution is 0.564. The lowest BCUT2D eigenvalue weighted by Crippen LogP contribution is -2.25. The van der Waals surface area contributed by atoms with Crippen molar-refractivity contribution in [3.8, 4) is 0 Å². The molecule has 1 rings (SSSR count). The molecule has 0 aromatic carbocycles. The molecule has 0 radical (unpaired) electrons. The van der Waals surface area contributed by atoms with Crippen molar-refractivity contribution in [2.24, 2.45) is 11.7 Å². The third-order valence-corrected chi connectivity index (χ3v) is 2.91. The van der Waals surface area contributed by atoms with E-state index in [0.717, 1.165) is 23.6 Å². The van der Waals surface area contributed by atoms with E-state index in [1.165, 1.54) is 0 Å². The zero-order valence-corrected chi connectivity index (χ0v) is 12.6. The molecule has 0 aliphatic carbocycles. The molecule has 0 unspecified atom stereocenters. The first kappa shape index (κ1) is 15.0. The summed E-state index contributed by atoms with van der Waals surface area (Å²) in [7, 11) is 2.09. The van der Waals surface area contributed by atoms with E-state index in [9.17, 15) is 0 Å². The number of nitrogens with two attached hydrogens (primary N) is 1. The van der Waals surface area contributed by atoms with Crippen LogP contribution in [0, 0.1) is 5.92 Å². The molecule has 1 heterocycles. The van der Waals surface area contributed by atoms with Crippen molar-refractivity contribution in [3.63, 3.8) is 0 Å². The fraction of sp³-hybridized carbons (Fsp3) is 0.667. The van der Waals surface area contributed by atoms with Crippen LogP contribution in [0.15, 0.2) is 12.1 Å². The highest BCUT2D eigenvalue weighted by Crippen LogP contribution is 2.24. The summed E-state index contributed by atoms with van der Waals surface area (Å²) < 4.78 is 0. The summed E-state index contributed by atoms with van der Waals surface area (Å²) in [6.45, 7) is 12.5. The Balaban J connectivity index is 3.12. The number of aromatic nitrogens is 1. The topological polar surface area (TPSA) is 42.1 Å². The highest BCUT2D eigenvalue weighted by Gasteiger charge is 2.18. The monoisotopic (exact) mass is 249 g/mol.